The van der Waals surface area contributed by atoms with Crippen molar-refractivity contribution in [3.63, 3.8) is 0 Å². The van der Waals surface area contributed by atoms with E-state index in [1.165, 1.54) is 0 Å². The van der Waals surface area contributed by atoms with Crippen LogP contribution in [0.25, 0.3) is 5.69 Å². The lowest BCUT2D eigenvalue weighted by atomic mass is 10.1. The molecule has 0 aliphatic carbocycles. The average molecular weight is 269 g/mol. The molecule has 102 valence electrons. The van der Waals surface area contributed by atoms with E-state index in [1.54, 1.807) is 21.8 Å². The Hall–Kier alpha value is -2.40. The lowest BCUT2D eigenvalue weighted by Gasteiger charge is -2.23. The summed E-state index contributed by atoms with van der Waals surface area (Å²) in [4.78, 5) is 14.1. The van der Waals surface area contributed by atoms with Gasteiger partial charge in [-0.3, -0.25) is 4.79 Å². The first-order valence-corrected chi connectivity index (χ1v) is 6.48. The second-order valence-corrected chi connectivity index (χ2v) is 4.64. The van der Waals surface area contributed by atoms with E-state index in [0.29, 0.717) is 12.1 Å². The summed E-state index contributed by atoms with van der Waals surface area (Å²) in [5.41, 5.74) is 1.44. The van der Waals surface area contributed by atoms with E-state index in [9.17, 15) is 9.90 Å². The molecule has 0 fully saturated rings. The molecule has 0 bridgehead atoms. The molecule has 0 saturated heterocycles. The molecule has 0 radical (unpaired) electrons. The van der Waals surface area contributed by atoms with Crippen LogP contribution in [0.15, 0.2) is 54.9 Å². The SMILES string of the molecule is O=C(c1cccc(-n2cccn2)c1)N1CC=CC1CO. The maximum absolute atomic E-state index is 12.5. The van der Waals surface area contributed by atoms with Crippen molar-refractivity contribution in [2.45, 2.75) is 6.04 Å². The minimum Gasteiger partial charge on any atom is -0.394 e. The average Bonchev–Trinajstić information content (AvgIpc) is 3.17. The predicted octanol–water partition coefficient (Wildman–Crippen LogP) is 1.25. The van der Waals surface area contributed by atoms with Gasteiger partial charge in [-0.25, -0.2) is 4.68 Å². The highest BCUT2D eigenvalue weighted by Crippen LogP contribution is 2.16. The first-order valence-electron chi connectivity index (χ1n) is 6.48. The maximum atomic E-state index is 12.5. The quantitative estimate of drug-likeness (QED) is 0.853. The molecule has 5 nitrogen and oxygen atoms in total. The van der Waals surface area contributed by atoms with Gasteiger partial charge in [0.15, 0.2) is 0 Å². The number of carbonyl (C=O) groups is 1. The molecular formula is C15H15N3O2. The van der Waals surface area contributed by atoms with Gasteiger partial charge in [-0.05, 0) is 24.3 Å². The third-order valence-corrected chi connectivity index (χ3v) is 3.37. The van der Waals surface area contributed by atoms with Crippen LogP contribution in [0.4, 0.5) is 0 Å². The highest BCUT2D eigenvalue weighted by atomic mass is 16.3. The molecule has 1 aliphatic heterocycles. The molecule has 0 saturated carbocycles. The zero-order valence-electron chi connectivity index (χ0n) is 10.9. The minimum atomic E-state index is -0.226. The fraction of sp³-hybridized carbons (Fsp3) is 0.200. The van der Waals surface area contributed by atoms with Crippen LogP contribution in [0, 0.1) is 0 Å². The Kier molecular flexibility index (Phi) is 3.35. The lowest BCUT2D eigenvalue weighted by molar-refractivity contribution is 0.0700. The van der Waals surface area contributed by atoms with Gasteiger partial charge in [-0.1, -0.05) is 18.2 Å². The Balaban J connectivity index is 1.87. The fourth-order valence-corrected chi connectivity index (χ4v) is 2.33. The molecule has 1 aromatic heterocycles. The van der Waals surface area contributed by atoms with Crippen LogP contribution in [-0.4, -0.2) is 44.9 Å². The van der Waals surface area contributed by atoms with Gasteiger partial charge in [0.05, 0.1) is 18.3 Å². The smallest absolute Gasteiger partial charge is 0.254 e. The third-order valence-electron chi connectivity index (χ3n) is 3.37. The highest BCUT2D eigenvalue weighted by molar-refractivity contribution is 5.95. The number of carbonyl (C=O) groups excluding carboxylic acids is 1. The number of rotatable bonds is 3. The Morgan fingerprint density at radius 3 is 3.05 bits per heavy atom. The van der Waals surface area contributed by atoms with Crippen molar-refractivity contribution in [1.29, 1.82) is 0 Å². The van der Waals surface area contributed by atoms with Crippen LogP contribution in [0.2, 0.25) is 0 Å². The molecule has 1 atom stereocenters. The largest absolute Gasteiger partial charge is 0.394 e. The Bertz CT molecular complexity index is 634. The predicted molar refractivity (Wildman–Crippen MR) is 74.6 cm³/mol. The maximum Gasteiger partial charge on any atom is 0.254 e. The first kappa shape index (κ1) is 12.6. The van der Waals surface area contributed by atoms with Gasteiger partial charge in [0.1, 0.15) is 0 Å². The van der Waals surface area contributed by atoms with E-state index in [4.69, 9.17) is 0 Å². The zero-order chi connectivity index (χ0) is 13.9. The Morgan fingerprint density at radius 1 is 1.40 bits per heavy atom. The topological polar surface area (TPSA) is 58.4 Å². The summed E-state index contributed by atoms with van der Waals surface area (Å²) in [5.74, 6) is -0.0805. The number of hydrogen-bond acceptors (Lipinski definition) is 3. The number of aromatic nitrogens is 2. The number of aliphatic hydroxyl groups is 1. The summed E-state index contributed by atoms with van der Waals surface area (Å²) in [6.07, 6.45) is 7.28. The van der Waals surface area contributed by atoms with E-state index in [-0.39, 0.29) is 18.6 Å². The van der Waals surface area contributed by atoms with Crippen LogP contribution in [0.5, 0.6) is 0 Å². The van der Waals surface area contributed by atoms with E-state index in [2.05, 4.69) is 5.10 Å². The van der Waals surface area contributed by atoms with Crippen LogP contribution in [0.3, 0.4) is 0 Å². The van der Waals surface area contributed by atoms with Crippen LogP contribution in [-0.2, 0) is 0 Å². The first-order chi connectivity index (χ1) is 9.79. The molecule has 2 heterocycles. The molecule has 3 rings (SSSR count). The normalized spacial score (nSPS) is 17.6. The molecule has 1 aromatic carbocycles. The molecule has 1 N–H and O–H groups in total. The van der Waals surface area contributed by atoms with Gasteiger partial charge in [0.2, 0.25) is 0 Å². The zero-order valence-corrected chi connectivity index (χ0v) is 10.9. The van der Waals surface area contributed by atoms with E-state index in [0.717, 1.165) is 5.69 Å². The van der Waals surface area contributed by atoms with Gasteiger partial charge in [-0.2, -0.15) is 5.10 Å². The summed E-state index contributed by atoms with van der Waals surface area (Å²) in [7, 11) is 0. The van der Waals surface area contributed by atoms with E-state index < -0.39 is 0 Å². The van der Waals surface area contributed by atoms with Crippen molar-refractivity contribution in [3.05, 3.63) is 60.4 Å². The summed E-state index contributed by atoms with van der Waals surface area (Å²) in [5, 5.41) is 13.4. The Labute approximate surface area is 116 Å². The van der Waals surface area contributed by atoms with Crippen LogP contribution >= 0.6 is 0 Å². The Morgan fingerprint density at radius 2 is 2.30 bits per heavy atom. The van der Waals surface area contributed by atoms with Gasteiger partial charge in [0, 0.05) is 24.5 Å². The van der Waals surface area contributed by atoms with Crippen molar-refractivity contribution in [2.75, 3.05) is 13.2 Å². The van der Waals surface area contributed by atoms with Crippen LogP contribution < -0.4 is 0 Å². The number of benzene rings is 1. The van der Waals surface area contributed by atoms with Crippen molar-refractivity contribution in [1.82, 2.24) is 14.7 Å². The van der Waals surface area contributed by atoms with Crippen molar-refractivity contribution < 1.29 is 9.90 Å². The van der Waals surface area contributed by atoms with Crippen molar-refractivity contribution in [2.24, 2.45) is 0 Å². The molecule has 0 spiro atoms. The van der Waals surface area contributed by atoms with Crippen LogP contribution in [0.1, 0.15) is 10.4 Å². The number of amides is 1. The number of aliphatic hydroxyl groups excluding tert-OH is 1. The van der Waals surface area contributed by atoms with E-state index in [1.807, 2.05) is 42.6 Å². The summed E-state index contributed by atoms with van der Waals surface area (Å²) < 4.78 is 1.71. The van der Waals surface area contributed by atoms with Gasteiger partial charge < -0.3 is 10.0 Å². The molecule has 1 aliphatic rings. The summed E-state index contributed by atoms with van der Waals surface area (Å²) >= 11 is 0. The molecular weight excluding hydrogens is 254 g/mol. The van der Waals surface area contributed by atoms with E-state index >= 15 is 0 Å². The van der Waals surface area contributed by atoms with Crippen molar-refractivity contribution >= 4 is 5.91 Å². The highest BCUT2D eigenvalue weighted by Gasteiger charge is 2.25. The number of hydrogen-bond donors (Lipinski definition) is 1. The molecule has 5 heteroatoms. The summed E-state index contributed by atoms with van der Waals surface area (Å²) in [6.45, 7) is 0.483. The fourth-order valence-electron chi connectivity index (χ4n) is 2.33. The van der Waals surface area contributed by atoms with Gasteiger partial charge >= 0.3 is 0 Å². The molecule has 2 aromatic rings. The van der Waals surface area contributed by atoms with Gasteiger partial charge in [0.25, 0.3) is 5.91 Å². The molecule has 1 amide bonds. The van der Waals surface area contributed by atoms with Gasteiger partial charge in [-0.15, -0.1) is 0 Å². The minimum absolute atomic E-state index is 0.0545. The monoisotopic (exact) mass is 269 g/mol. The summed E-state index contributed by atoms with van der Waals surface area (Å²) in [6, 6.07) is 8.93. The molecule has 1 unspecified atom stereocenters. The lowest BCUT2D eigenvalue weighted by Crippen LogP contribution is -2.38. The van der Waals surface area contributed by atoms with Crippen molar-refractivity contribution in [3.8, 4) is 5.69 Å². The molecule has 20 heavy (non-hydrogen) atoms. The standard InChI is InChI=1S/C15H15N3O2/c19-11-14-6-2-8-17(14)15(20)12-4-1-5-13(10-12)18-9-3-7-16-18/h1-7,9-10,14,19H,8,11H2. The second-order valence-electron chi connectivity index (χ2n) is 4.64. The second kappa shape index (κ2) is 5.30. The number of nitrogens with zero attached hydrogens (tertiary/aromatic N) is 3. The third kappa shape index (κ3) is 2.23.